The zero-order chi connectivity index (χ0) is 14.1. The van der Waals surface area contributed by atoms with E-state index in [9.17, 15) is 4.79 Å². The van der Waals surface area contributed by atoms with Crippen LogP contribution in [0.1, 0.15) is 10.4 Å². The number of nitrogens with zero attached hydrogens (tertiary/aromatic N) is 1. The van der Waals surface area contributed by atoms with Gasteiger partial charge in [-0.2, -0.15) is 0 Å². The first-order chi connectivity index (χ1) is 9.65. The highest BCUT2D eigenvalue weighted by Crippen LogP contribution is 2.27. The third kappa shape index (κ3) is 2.42. The van der Waals surface area contributed by atoms with Gasteiger partial charge in [-0.05, 0) is 40.2 Å². The number of hydrogen-bond donors (Lipinski definition) is 1. The monoisotopic (exact) mass is 350 g/mol. The van der Waals surface area contributed by atoms with Crippen LogP contribution in [0.4, 0.5) is 5.69 Å². The second-order valence-corrected chi connectivity index (χ2v) is 5.25. The molecule has 3 aromatic rings. The Hall–Kier alpha value is -1.85. The van der Waals surface area contributed by atoms with E-state index in [1.54, 1.807) is 24.4 Å². The van der Waals surface area contributed by atoms with Crippen molar-refractivity contribution in [3.8, 4) is 0 Å². The second-order valence-electron chi connectivity index (χ2n) is 4.09. The van der Waals surface area contributed by atoms with Gasteiger partial charge in [0.15, 0.2) is 4.67 Å². The zero-order valence-electron chi connectivity index (χ0n) is 10.1. The molecule has 4 nitrogen and oxygen atoms in total. The van der Waals surface area contributed by atoms with Gasteiger partial charge in [-0.1, -0.05) is 17.7 Å². The fourth-order valence-electron chi connectivity index (χ4n) is 1.90. The normalized spacial score (nSPS) is 10.7. The first-order valence-corrected chi connectivity index (χ1v) is 6.91. The molecule has 1 amide bonds. The number of rotatable bonds is 2. The van der Waals surface area contributed by atoms with E-state index in [-0.39, 0.29) is 5.91 Å². The molecule has 0 bridgehead atoms. The summed E-state index contributed by atoms with van der Waals surface area (Å²) in [4.78, 5) is 16.4. The van der Waals surface area contributed by atoms with E-state index in [1.165, 1.54) is 6.26 Å². The molecule has 3 rings (SSSR count). The Morgan fingerprint density at radius 1 is 1.35 bits per heavy atom. The zero-order valence-corrected chi connectivity index (χ0v) is 12.4. The minimum Gasteiger partial charge on any atom is -0.457 e. The van der Waals surface area contributed by atoms with Crippen LogP contribution in [0, 0.1) is 0 Å². The molecule has 6 heteroatoms. The molecule has 0 aliphatic rings. The number of aromatic nitrogens is 1. The number of anilines is 1. The number of fused-ring (bicyclic) bond motifs is 1. The quantitative estimate of drug-likeness (QED) is 0.740. The minimum atomic E-state index is -0.292. The third-order valence-corrected chi connectivity index (χ3v) is 3.61. The second kappa shape index (κ2) is 5.26. The molecule has 0 aliphatic heterocycles. The van der Waals surface area contributed by atoms with Gasteiger partial charge in [0.25, 0.3) is 5.91 Å². The number of halogens is 2. The van der Waals surface area contributed by atoms with Gasteiger partial charge in [-0.15, -0.1) is 0 Å². The molecule has 0 radical (unpaired) electrons. The Balaban J connectivity index is 2.03. The van der Waals surface area contributed by atoms with E-state index in [4.69, 9.17) is 16.0 Å². The molecule has 100 valence electrons. The molecule has 0 saturated carbocycles. The Bertz CT molecular complexity index is 801. The van der Waals surface area contributed by atoms with Crippen LogP contribution in [0.5, 0.6) is 0 Å². The van der Waals surface area contributed by atoms with Gasteiger partial charge in [0.2, 0.25) is 0 Å². The summed E-state index contributed by atoms with van der Waals surface area (Å²) >= 11 is 9.23. The summed E-state index contributed by atoms with van der Waals surface area (Å²) in [5.74, 6) is -0.292. The molecule has 1 aromatic carbocycles. The van der Waals surface area contributed by atoms with Crippen molar-refractivity contribution < 1.29 is 9.21 Å². The molecule has 2 aromatic heterocycles. The fourth-order valence-corrected chi connectivity index (χ4v) is 2.54. The number of nitrogens with one attached hydrogen (secondary N) is 1. The molecule has 0 atom stereocenters. The molecular weight excluding hydrogens is 344 g/mol. The lowest BCUT2D eigenvalue weighted by Gasteiger charge is -2.08. The number of pyridine rings is 1. The summed E-state index contributed by atoms with van der Waals surface area (Å²) in [6.07, 6.45) is 3.10. The molecule has 20 heavy (non-hydrogen) atoms. The van der Waals surface area contributed by atoms with Crippen LogP contribution >= 0.6 is 27.5 Å². The predicted octanol–water partition coefficient (Wildman–Crippen LogP) is 4.50. The maximum atomic E-state index is 12.2. The van der Waals surface area contributed by atoms with Crippen molar-refractivity contribution in [2.45, 2.75) is 0 Å². The van der Waals surface area contributed by atoms with Crippen molar-refractivity contribution >= 4 is 50.0 Å². The highest BCUT2D eigenvalue weighted by Gasteiger charge is 2.14. The molecule has 0 aliphatic carbocycles. The molecule has 0 unspecified atom stereocenters. The van der Waals surface area contributed by atoms with Gasteiger partial charge in [-0.25, -0.2) is 0 Å². The van der Waals surface area contributed by atoms with Gasteiger partial charge in [0.05, 0.1) is 23.0 Å². The average molecular weight is 352 g/mol. The van der Waals surface area contributed by atoms with Crippen LogP contribution in [0.15, 0.2) is 51.9 Å². The van der Waals surface area contributed by atoms with Gasteiger partial charge in [0.1, 0.15) is 0 Å². The maximum absolute atomic E-state index is 12.2. The van der Waals surface area contributed by atoms with E-state index in [0.717, 1.165) is 5.39 Å². The molecule has 1 N–H and O–H groups in total. The van der Waals surface area contributed by atoms with Gasteiger partial charge in [-0.3, -0.25) is 9.78 Å². The maximum Gasteiger partial charge on any atom is 0.260 e. The molecule has 2 heterocycles. The first kappa shape index (κ1) is 13.1. The van der Waals surface area contributed by atoms with Gasteiger partial charge < -0.3 is 9.73 Å². The lowest BCUT2D eigenvalue weighted by molar-refractivity contribution is 0.102. The summed E-state index contributed by atoms with van der Waals surface area (Å²) in [5.41, 5.74) is 1.66. The standard InChI is InChI=1S/C14H8BrClN2O2/c15-13-10(3-5-20-13)14(19)18-11-7-9(16)6-8-2-1-4-17-12(8)11/h1-7H,(H,18,19). The number of furan rings is 1. The van der Waals surface area contributed by atoms with Crippen molar-refractivity contribution in [1.29, 1.82) is 0 Å². The number of hydrogen-bond acceptors (Lipinski definition) is 3. The molecule has 0 spiro atoms. The Kier molecular flexibility index (Phi) is 3.46. The topological polar surface area (TPSA) is 55.1 Å². The van der Waals surface area contributed by atoms with Crippen molar-refractivity contribution in [1.82, 2.24) is 4.98 Å². The van der Waals surface area contributed by atoms with Gasteiger partial charge >= 0.3 is 0 Å². The van der Waals surface area contributed by atoms with Crippen molar-refractivity contribution in [3.63, 3.8) is 0 Å². The summed E-state index contributed by atoms with van der Waals surface area (Å²) in [6.45, 7) is 0. The fraction of sp³-hybridized carbons (Fsp3) is 0. The minimum absolute atomic E-state index is 0.292. The van der Waals surface area contributed by atoms with E-state index < -0.39 is 0 Å². The molecular formula is C14H8BrClN2O2. The van der Waals surface area contributed by atoms with Crippen LogP contribution in [-0.4, -0.2) is 10.9 Å². The number of benzene rings is 1. The Morgan fingerprint density at radius 2 is 2.20 bits per heavy atom. The summed E-state index contributed by atoms with van der Waals surface area (Å²) in [7, 11) is 0. The highest BCUT2D eigenvalue weighted by atomic mass is 79.9. The van der Waals surface area contributed by atoms with Crippen LogP contribution in [-0.2, 0) is 0 Å². The van der Waals surface area contributed by atoms with E-state index >= 15 is 0 Å². The SMILES string of the molecule is O=C(Nc1cc(Cl)cc2cccnc12)c1ccoc1Br. The largest absolute Gasteiger partial charge is 0.457 e. The Morgan fingerprint density at radius 3 is 2.95 bits per heavy atom. The van der Waals surface area contributed by atoms with Crippen LogP contribution in [0.2, 0.25) is 5.02 Å². The smallest absolute Gasteiger partial charge is 0.260 e. The average Bonchev–Trinajstić information content (AvgIpc) is 2.85. The number of carbonyl (C=O) groups excluding carboxylic acids is 1. The third-order valence-electron chi connectivity index (χ3n) is 2.78. The highest BCUT2D eigenvalue weighted by molar-refractivity contribution is 9.10. The number of carbonyl (C=O) groups is 1. The first-order valence-electron chi connectivity index (χ1n) is 5.74. The van der Waals surface area contributed by atoms with E-state index in [1.807, 2.05) is 12.1 Å². The van der Waals surface area contributed by atoms with E-state index in [0.29, 0.717) is 26.5 Å². The lowest BCUT2D eigenvalue weighted by atomic mass is 10.2. The van der Waals surface area contributed by atoms with Crippen LogP contribution < -0.4 is 5.32 Å². The summed E-state index contributed by atoms with van der Waals surface area (Å²) in [6, 6.07) is 8.75. The van der Waals surface area contributed by atoms with Crippen molar-refractivity contribution in [2.75, 3.05) is 5.32 Å². The van der Waals surface area contributed by atoms with Gasteiger partial charge in [0, 0.05) is 16.6 Å². The molecule has 0 saturated heterocycles. The predicted molar refractivity (Wildman–Crippen MR) is 81.1 cm³/mol. The Labute approximate surface area is 127 Å². The van der Waals surface area contributed by atoms with Crippen LogP contribution in [0.3, 0.4) is 0 Å². The van der Waals surface area contributed by atoms with Crippen LogP contribution in [0.25, 0.3) is 10.9 Å². The summed E-state index contributed by atoms with van der Waals surface area (Å²) < 4.78 is 5.43. The van der Waals surface area contributed by atoms with Crippen molar-refractivity contribution in [2.24, 2.45) is 0 Å². The lowest BCUT2D eigenvalue weighted by Crippen LogP contribution is -2.12. The van der Waals surface area contributed by atoms with Crippen molar-refractivity contribution in [3.05, 3.63) is 58.0 Å². The van der Waals surface area contributed by atoms with E-state index in [2.05, 4.69) is 26.2 Å². The number of amides is 1. The molecule has 0 fully saturated rings. The summed E-state index contributed by atoms with van der Waals surface area (Å²) in [5, 5.41) is 4.19.